The standard InChI is InChI=1S/C18H15Cl2N3S/c1-24-16-5-3-2-4-12(16)17-13-8-9-21-18(13)23(22-17)15-10-11(19)6-7-14(15)20/h2-7,10,21H,8-9H2,1H3. The quantitative estimate of drug-likeness (QED) is 0.609. The molecule has 0 atom stereocenters. The van der Waals surface area contributed by atoms with Crippen LogP contribution >= 0.6 is 35.0 Å². The highest BCUT2D eigenvalue weighted by atomic mass is 35.5. The number of anilines is 1. The number of thioether (sulfide) groups is 1. The minimum absolute atomic E-state index is 0.628. The summed E-state index contributed by atoms with van der Waals surface area (Å²) in [6, 6.07) is 13.8. The summed E-state index contributed by atoms with van der Waals surface area (Å²) in [5, 5.41) is 9.58. The fraction of sp³-hybridized carbons (Fsp3) is 0.167. The molecule has 1 aliphatic heterocycles. The zero-order chi connectivity index (χ0) is 16.7. The number of nitrogens with one attached hydrogen (secondary N) is 1. The van der Waals surface area contributed by atoms with Gasteiger partial charge in [0.1, 0.15) is 5.82 Å². The van der Waals surface area contributed by atoms with E-state index in [1.54, 1.807) is 23.9 Å². The molecule has 0 spiro atoms. The van der Waals surface area contributed by atoms with Crippen LogP contribution < -0.4 is 5.32 Å². The van der Waals surface area contributed by atoms with Gasteiger partial charge in [-0.3, -0.25) is 0 Å². The van der Waals surface area contributed by atoms with E-state index >= 15 is 0 Å². The highest BCUT2D eigenvalue weighted by Gasteiger charge is 2.25. The number of hydrogen-bond acceptors (Lipinski definition) is 3. The van der Waals surface area contributed by atoms with Gasteiger partial charge in [-0.2, -0.15) is 5.10 Å². The maximum atomic E-state index is 6.39. The van der Waals surface area contributed by atoms with Crippen molar-refractivity contribution in [3.8, 4) is 16.9 Å². The van der Waals surface area contributed by atoms with Crippen molar-refractivity contribution in [2.45, 2.75) is 11.3 Å². The Labute approximate surface area is 155 Å². The molecule has 1 N–H and O–H groups in total. The van der Waals surface area contributed by atoms with Crippen molar-refractivity contribution >= 4 is 40.8 Å². The van der Waals surface area contributed by atoms with Gasteiger partial charge in [-0.15, -0.1) is 11.8 Å². The van der Waals surface area contributed by atoms with E-state index in [9.17, 15) is 0 Å². The predicted molar refractivity (Wildman–Crippen MR) is 103 cm³/mol. The lowest BCUT2D eigenvalue weighted by atomic mass is 10.1. The average molecular weight is 376 g/mol. The van der Waals surface area contributed by atoms with Crippen LogP contribution in [0.2, 0.25) is 10.0 Å². The fourth-order valence-electron chi connectivity index (χ4n) is 3.05. The topological polar surface area (TPSA) is 29.9 Å². The molecule has 2 aromatic carbocycles. The normalized spacial score (nSPS) is 13.0. The maximum Gasteiger partial charge on any atom is 0.133 e. The van der Waals surface area contributed by atoms with Gasteiger partial charge in [0.15, 0.2) is 0 Å². The SMILES string of the molecule is CSc1ccccc1-c1nn(-c2cc(Cl)ccc2Cl)c2c1CCN2. The summed E-state index contributed by atoms with van der Waals surface area (Å²) in [4.78, 5) is 1.22. The van der Waals surface area contributed by atoms with Crippen LogP contribution in [0.25, 0.3) is 16.9 Å². The molecule has 4 rings (SSSR count). The lowest BCUT2D eigenvalue weighted by Gasteiger charge is -2.09. The third-order valence-electron chi connectivity index (χ3n) is 4.15. The van der Waals surface area contributed by atoms with E-state index in [0.717, 1.165) is 35.7 Å². The summed E-state index contributed by atoms with van der Waals surface area (Å²) in [5.41, 5.74) is 4.19. The van der Waals surface area contributed by atoms with Gasteiger partial charge in [0.2, 0.25) is 0 Å². The first kappa shape index (κ1) is 15.9. The van der Waals surface area contributed by atoms with Crippen molar-refractivity contribution in [3.63, 3.8) is 0 Å². The molecule has 2 heterocycles. The average Bonchev–Trinajstić information content (AvgIpc) is 3.19. The largest absolute Gasteiger partial charge is 0.369 e. The predicted octanol–water partition coefficient (Wildman–Crippen LogP) is 5.54. The monoisotopic (exact) mass is 375 g/mol. The lowest BCUT2D eigenvalue weighted by Crippen LogP contribution is -2.05. The van der Waals surface area contributed by atoms with Crippen LogP contribution in [0.15, 0.2) is 47.4 Å². The van der Waals surface area contributed by atoms with Crippen molar-refractivity contribution in [1.82, 2.24) is 9.78 Å². The number of hydrogen-bond donors (Lipinski definition) is 1. The van der Waals surface area contributed by atoms with Gasteiger partial charge in [-0.25, -0.2) is 4.68 Å². The van der Waals surface area contributed by atoms with E-state index in [1.165, 1.54) is 10.5 Å². The Kier molecular flexibility index (Phi) is 4.21. The molecule has 6 heteroatoms. The van der Waals surface area contributed by atoms with Crippen molar-refractivity contribution in [2.24, 2.45) is 0 Å². The molecule has 3 aromatic rings. The van der Waals surface area contributed by atoms with E-state index in [2.05, 4.69) is 35.8 Å². The van der Waals surface area contributed by atoms with Crippen molar-refractivity contribution < 1.29 is 0 Å². The molecule has 0 amide bonds. The summed E-state index contributed by atoms with van der Waals surface area (Å²) >= 11 is 14.3. The number of nitrogens with zero attached hydrogens (tertiary/aromatic N) is 2. The van der Waals surface area contributed by atoms with E-state index < -0.39 is 0 Å². The summed E-state index contributed by atoms with van der Waals surface area (Å²) in [5.74, 6) is 1.00. The fourth-order valence-corrected chi connectivity index (χ4v) is 4.02. The summed E-state index contributed by atoms with van der Waals surface area (Å²) in [6.45, 7) is 0.903. The zero-order valence-corrected chi connectivity index (χ0v) is 15.3. The Balaban J connectivity index is 1.94. The van der Waals surface area contributed by atoms with Crippen LogP contribution in [-0.4, -0.2) is 22.6 Å². The van der Waals surface area contributed by atoms with Gasteiger partial charge in [0.05, 0.1) is 16.4 Å². The van der Waals surface area contributed by atoms with Crippen LogP contribution in [0.3, 0.4) is 0 Å². The Bertz CT molecular complexity index is 921. The van der Waals surface area contributed by atoms with E-state index in [-0.39, 0.29) is 0 Å². The molecule has 0 radical (unpaired) electrons. The Morgan fingerprint density at radius 1 is 1.17 bits per heavy atom. The Morgan fingerprint density at radius 3 is 2.83 bits per heavy atom. The molecule has 24 heavy (non-hydrogen) atoms. The number of aromatic nitrogens is 2. The molecule has 122 valence electrons. The molecule has 3 nitrogen and oxygen atoms in total. The van der Waals surface area contributed by atoms with E-state index in [4.69, 9.17) is 28.3 Å². The van der Waals surface area contributed by atoms with E-state index in [1.807, 2.05) is 10.7 Å². The minimum atomic E-state index is 0.628. The number of fused-ring (bicyclic) bond motifs is 1. The molecule has 0 aliphatic carbocycles. The second-order valence-corrected chi connectivity index (χ2v) is 7.25. The first-order valence-electron chi connectivity index (χ1n) is 7.63. The second-order valence-electron chi connectivity index (χ2n) is 5.56. The van der Waals surface area contributed by atoms with Gasteiger partial charge in [0.25, 0.3) is 0 Å². The van der Waals surface area contributed by atoms with Gasteiger partial charge in [0, 0.05) is 27.6 Å². The smallest absolute Gasteiger partial charge is 0.133 e. The molecule has 1 aromatic heterocycles. The van der Waals surface area contributed by atoms with E-state index in [0.29, 0.717) is 10.0 Å². The maximum absolute atomic E-state index is 6.39. The first-order chi connectivity index (χ1) is 11.7. The first-order valence-corrected chi connectivity index (χ1v) is 9.61. The van der Waals surface area contributed by atoms with Crippen LogP contribution in [0.1, 0.15) is 5.56 Å². The lowest BCUT2D eigenvalue weighted by molar-refractivity contribution is 0.881. The minimum Gasteiger partial charge on any atom is -0.369 e. The van der Waals surface area contributed by atoms with Crippen LogP contribution in [-0.2, 0) is 6.42 Å². The summed E-state index contributed by atoms with van der Waals surface area (Å²) < 4.78 is 1.88. The number of benzene rings is 2. The molecule has 1 aliphatic rings. The second kappa shape index (κ2) is 6.36. The van der Waals surface area contributed by atoms with Gasteiger partial charge in [-0.05, 0) is 36.9 Å². The number of halogens is 2. The molecule has 0 unspecified atom stereocenters. The van der Waals surface area contributed by atoms with Gasteiger partial charge < -0.3 is 5.32 Å². The van der Waals surface area contributed by atoms with Gasteiger partial charge >= 0.3 is 0 Å². The molecule has 0 bridgehead atoms. The van der Waals surface area contributed by atoms with Gasteiger partial charge in [-0.1, -0.05) is 41.4 Å². The summed E-state index contributed by atoms with van der Waals surface area (Å²) in [6.07, 6.45) is 3.04. The molecular weight excluding hydrogens is 361 g/mol. The van der Waals surface area contributed by atoms with Crippen molar-refractivity contribution in [1.29, 1.82) is 0 Å². The number of rotatable bonds is 3. The molecular formula is C18H15Cl2N3S. The van der Waals surface area contributed by atoms with Crippen molar-refractivity contribution in [2.75, 3.05) is 18.1 Å². The van der Waals surface area contributed by atoms with Crippen molar-refractivity contribution in [3.05, 3.63) is 58.1 Å². The molecule has 0 saturated carbocycles. The van der Waals surface area contributed by atoms with Crippen LogP contribution in [0, 0.1) is 0 Å². The van der Waals surface area contributed by atoms with Crippen LogP contribution in [0.5, 0.6) is 0 Å². The Morgan fingerprint density at radius 2 is 2.00 bits per heavy atom. The Hall–Kier alpha value is -1.62. The van der Waals surface area contributed by atoms with Crippen LogP contribution in [0.4, 0.5) is 5.82 Å². The highest BCUT2D eigenvalue weighted by molar-refractivity contribution is 7.98. The zero-order valence-electron chi connectivity index (χ0n) is 13.0. The highest BCUT2D eigenvalue weighted by Crippen LogP contribution is 2.39. The third kappa shape index (κ3) is 2.59. The summed E-state index contributed by atoms with van der Waals surface area (Å²) in [7, 11) is 0. The molecule has 0 saturated heterocycles. The molecule has 0 fully saturated rings. The third-order valence-corrected chi connectivity index (χ3v) is 5.50.